The van der Waals surface area contributed by atoms with Gasteiger partial charge in [-0.3, -0.25) is 4.79 Å². The first-order valence-corrected chi connectivity index (χ1v) is 9.34. The Kier molecular flexibility index (Phi) is 5.58. The molecular weight excluding hydrogens is 300 g/mol. The van der Waals surface area contributed by atoms with Crippen molar-refractivity contribution in [3.63, 3.8) is 0 Å². The molecule has 0 aromatic heterocycles. The average Bonchev–Trinajstić information content (AvgIpc) is 2.76. The van der Waals surface area contributed by atoms with E-state index in [4.69, 9.17) is 0 Å². The topological polar surface area (TPSA) is 57.7 Å². The van der Waals surface area contributed by atoms with E-state index in [2.05, 4.69) is 0 Å². The molecular formula is C16H24N2O3S. The first kappa shape index (κ1) is 17.0. The largest absolute Gasteiger partial charge is 0.341 e. The highest BCUT2D eigenvalue weighted by Gasteiger charge is 2.25. The molecule has 122 valence electrons. The van der Waals surface area contributed by atoms with Crippen molar-refractivity contribution in [2.75, 3.05) is 31.9 Å². The fourth-order valence-electron chi connectivity index (χ4n) is 2.60. The van der Waals surface area contributed by atoms with E-state index >= 15 is 0 Å². The van der Waals surface area contributed by atoms with Gasteiger partial charge in [0.2, 0.25) is 15.9 Å². The number of carbonyl (C=O) groups excluding carboxylic acids is 1. The summed E-state index contributed by atoms with van der Waals surface area (Å²) in [4.78, 5) is 14.2. The number of aryl methyl sites for hydroxylation is 1. The van der Waals surface area contributed by atoms with Gasteiger partial charge in [-0.1, -0.05) is 29.8 Å². The molecule has 0 bridgehead atoms. The van der Waals surface area contributed by atoms with Crippen molar-refractivity contribution in [1.82, 2.24) is 9.21 Å². The van der Waals surface area contributed by atoms with Crippen LogP contribution in [-0.4, -0.2) is 55.5 Å². The van der Waals surface area contributed by atoms with E-state index in [0.29, 0.717) is 39.0 Å². The van der Waals surface area contributed by atoms with Gasteiger partial charge in [-0.25, -0.2) is 12.7 Å². The molecule has 1 aromatic rings. The van der Waals surface area contributed by atoms with Gasteiger partial charge in [-0.15, -0.1) is 0 Å². The Hall–Kier alpha value is -1.40. The van der Waals surface area contributed by atoms with Crippen LogP contribution in [0.15, 0.2) is 24.3 Å². The molecule has 1 saturated heterocycles. The molecule has 0 spiro atoms. The Balaban J connectivity index is 1.96. The second kappa shape index (κ2) is 7.24. The molecule has 5 nitrogen and oxygen atoms in total. The number of amides is 1. The first-order valence-electron chi connectivity index (χ1n) is 7.73. The number of hydrogen-bond acceptors (Lipinski definition) is 3. The zero-order chi connectivity index (χ0) is 16.2. The Morgan fingerprint density at radius 3 is 2.41 bits per heavy atom. The lowest BCUT2D eigenvalue weighted by atomic mass is 10.1. The quantitative estimate of drug-likeness (QED) is 0.842. The van der Waals surface area contributed by atoms with Crippen LogP contribution in [0.5, 0.6) is 0 Å². The van der Waals surface area contributed by atoms with Gasteiger partial charge in [0, 0.05) is 26.2 Å². The Morgan fingerprint density at radius 1 is 1.09 bits per heavy atom. The maximum atomic E-state index is 12.4. The highest BCUT2D eigenvalue weighted by molar-refractivity contribution is 7.89. The number of carbonyl (C=O) groups is 1. The molecule has 0 radical (unpaired) electrons. The van der Waals surface area contributed by atoms with Crippen LogP contribution >= 0.6 is 0 Å². The molecule has 6 heteroatoms. The maximum Gasteiger partial charge on any atom is 0.227 e. The zero-order valence-corrected chi connectivity index (χ0v) is 14.1. The third kappa shape index (κ3) is 4.30. The van der Waals surface area contributed by atoms with E-state index in [0.717, 1.165) is 5.56 Å². The lowest BCUT2D eigenvalue weighted by Crippen LogP contribution is -2.38. The fourth-order valence-corrected chi connectivity index (χ4v) is 3.73. The van der Waals surface area contributed by atoms with Crippen LogP contribution in [0.4, 0.5) is 0 Å². The van der Waals surface area contributed by atoms with E-state index in [1.54, 1.807) is 11.8 Å². The fraction of sp³-hybridized carbons (Fsp3) is 0.562. The Morgan fingerprint density at radius 2 is 1.77 bits per heavy atom. The van der Waals surface area contributed by atoms with Crippen LogP contribution in [-0.2, 0) is 21.2 Å². The van der Waals surface area contributed by atoms with Crippen molar-refractivity contribution in [3.05, 3.63) is 35.4 Å². The molecule has 1 fully saturated rings. The van der Waals surface area contributed by atoms with E-state index in [-0.39, 0.29) is 11.7 Å². The van der Waals surface area contributed by atoms with Crippen molar-refractivity contribution in [2.24, 2.45) is 0 Å². The standard InChI is InChI=1S/C16H24N2O3S/c1-3-22(20,21)18-10-4-9-17(11-12-18)16(19)13-15-7-5-14(2)6-8-15/h5-8H,3-4,9-13H2,1-2H3. The summed E-state index contributed by atoms with van der Waals surface area (Å²) in [6.07, 6.45) is 1.07. The van der Waals surface area contributed by atoms with Crippen LogP contribution in [0.1, 0.15) is 24.5 Å². The maximum absolute atomic E-state index is 12.4. The van der Waals surface area contributed by atoms with Crippen LogP contribution < -0.4 is 0 Å². The van der Waals surface area contributed by atoms with E-state index in [9.17, 15) is 13.2 Å². The number of benzene rings is 1. The number of hydrogen-bond donors (Lipinski definition) is 0. The van der Waals surface area contributed by atoms with Crippen molar-refractivity contribution >= 4 is 15.9 Å². The van der Waals surface area contributed by atoms with Gasteiger partial charge >= 0.3 is 0 Å². The minimum atomic E-state index is -3.16. The summed E-state index contributed by atoms with van der Waals surface area (Å²) < 4.78 is 25.4. The molecule has 1 aromatic carbocycles. The summed E-state index contributed by atoms with van der Waals surface area (Å²) >= 11 is 0. The molecule has 2 rings (SSSR count). The van der Waals surface area contributed by atoms with Crippen molar-refractivity contribution < 1.29 is 13.2 Å². The second-order valence-corrected chi connectivity index (χ2v) is 7.95. The summed E-state index contributed by atoms with van der Waals surface area (Å²) in [6, 6.07) is 7.94. The third-order valence-electron chi connectivity index (χ3n) is 4.04. The molecule has 22 heavy (non-hydrogen) atoms. The predicted octanol–water partition coefficient (Wildman–Crippen LogP) is 1.42. The summed E-state index contributed by atoms with van der Waals surface area (Å²) in [5.41, 5.74) is 2.17. The number of nitrogens with zero attached hydrogens (tertiary/aromatic N) is 2. The molecule has 0 aliphatic carbocycles. The molecule has 0 unspecified atom stereocenters. The molecule has 0 N–H and O–H groups in total. The second-order valence-electron chi connectivity index (χ2n) is 5.70. The smallest absolute Gasteiger partial charge is 0.227 e. The molecule has 1 aliphatic heterocycles. The van der Waals surface area contributed by atoms with Gasteiger partial charge in [0.15, 0.2) is 0 Å². The third-order valence-corrected chi connectivity index (χ3v) is 5.92. The minimum absolute atomic E-state index is 0.0691. The van der Waals surface area contributed by atoms with Gasteiger partial charge in [0.05, 0.1) is 12.2 Å². The average molecular weight is 324 g/mol. The van der Waals surface area contributed by atoms with Gasteiger partial charge in [-0.2, -0.15) is 0 Å². The Labute approximate surface area is 133 Å². The van der Waals surface area contributed by atoms with Crippen molar-refractivity contribution in [3.8, 4) is 0 Å². The zero-order valence-electron chi connectivity index (χ0n) is 13.3. The van der Waals surface area contributed by atoms with E-state index < -0.39 is 10.0 Å². The predicted molar refractivity (Wildman–Crippen MR) is 87.1 cm³/mol. The highest BCUT2D eigenvalue weighted by Crippen LogP contribution is 2.11. The summed E-state index contributed by atoms with van der Waals surface area (Å²) in [5.74, 6) is 0.184. The SMILES string of the molecule is CCS(=O)(=O)N1CCCN(C(=O)Cc2ccc(C)cc2)CC1. The van der Waals surface area contributed by atoms with Crippen molar-refractivity contribution in [2.45, 2.75) is 26.7 Å². The van der Waals surface area contributed by atoms with Gasteiger partial charge in [-0.05, 0) is 25.8 Å². The lowest BCUT2D eigenvalue weighted by Gasteiger charge is -2.21. The molecule has 0 saturated carbocycles. The highest BCUT2D eigenvalue weighted by atomic mass is 32.2. The van der Waals surface area contributed by atoms with Crippen LogP contribution in [0.3, 0.4) is 0 Å². The summed E-state index contributed by atoms with van der Waals surface area (Å²) in [7, 11) is -3.16. The van der Waals surface area contributed by atoms with Crippen LogP contribution in [0.2, 0.25) is 0 Å². The van der Waals surface area contributed by atoms with Crippen molar-refractivity contribution in [1.29, 1.82) is 0 Å². The number of rotatable bonds is 4. The molecule has 1 heterocycles. The van der Waals surface area contributed by atoms with E-state index in [1.165, 1.54) is 9.87 Å². The normalized spacial score (nSPS) is 17.3. The number of sulfonamides is 1. The van der Waals surface area contributed by atoms with Gasteiger partial charge < -0.3 is 4.90 Å². The lowest BCUT2D eigenvalue weighted by molar-refractivity contribution is -0.130. The van der Waals surface area contributed by atoms with Crippen LogP contribution in [0, 0.1) is 6.92 Å². The molecule has 1 amide bonds. The van der Waals surface area contributed by atoms with Crippen LogP contribution in [0.25, 0.3) is 0 Å². The molecule has 1 aliphatic rings. The first-order chi connectivity index (χ1) is 10.4. The van der Waals surface area contributed by atoms with Gasteiger partial charge in [0.1, 0.15) is 0 Å². The monoisotopic (exact) mass is 324 g/mol. The van der Waals surface area contributed by atoms with E-state index in [1.807, 2.05) is 31.2 Å². The molecule has 0 atom stereocenters. The minimum Gasteiger partial charge on any atom is -0.341 e. The summed E-state index contributed by atoms with van der Waals surface area (Å²) in [5, 5.41) is 0. The van der Waals surface area contributed by atoms with Gasteiger partial charge in [0.25, 0.3) is 0 Å². The summed E-state index contributed by atoms with van der Waals surface area (Å²) in [6.45, 7) is 5.67. The Bertz CT molecular complexity index is 611.